The van der Waals surface area contributed by atoms with Crippen molar-refractivity contribution in [2.45, 2.75) is 45.4 Å². The Morgan fingerprint density at radius 3 is 2.37 bits per heavy atom. The summed E-state index contributed by atoms with van der Waals surface area (Å²) in [4.78, 5) is 38.4. The number of piperidine rings is 1. The van der Waals surface area contributed by atoms with Crippen molar-refractivity contribution in [1.82, 2.24) is 4.90 Å². The number of rotatable bonds is 6. The van der Waals surface area contributed by atoms with Gasteiger partial charge in [-0.05, 0) is 63.4 Å². The number of amides is 2. The fourth-order valence-electron chi connectivity index (χ4n) is 3.66. The predicted octanol–water partition coefficient (Wildman–Crippen LogP) is 2.61. The molecular weight excluding hydrogens is 346 g/mol. The zero-order valence-corrected chi connectivity index (χ0v) is 15.7. The summed E-state index contributed by atoms with van der Waals surface area (Å²) < 4.78 is 0. The van der Waals surface area contributed by atoms with Crippen LogP contribution in [0.2, 0.25) is 0 Å². The van der Waals surface area contributed by atoms with Crippen LogP contribution in [0.25, 0.3) is 0 Å². The topological polar surface area (TPSA) is 98.7 Å². The lowest BCUT2D eigenvalue weighted by molar-refractivity contribution is -0.159. The van der Waals surface area contributed by atoms with E-state index in [1.54, 1.807) is 18.2 Å². The number of likely N-dealkylation sites (tertiary alicyclic amines) is 1. The number of benzene rings is 1. The summed E-state index contributed by atoms with van der Waals surface area (Å²) in [5, 5.41) is 15.0. The van der Waals surface area contributed by atoms with Crippen LogP contribution < -0.4 is 10.6 Å². The Bertz CT molecular complexity index is 737. The maximum atomic E-state index is 12.5. The van der Waals surface area contributed by atoms with E-state index in [1.807, 2.05) is 6.92 Å². The summed E-state index contributed by atoms with van der Waals surface area (Å²) in [5.41, 5.74) is 0.693. The Labute approximate surface area is 159 Å². The molecule has 27 heavy (non-hydrogen) atoms. The largest absolute Gasteiger partial charge is 0.480 e. The average molecular weight is 373 g/mol. The van der Waals surface area contributed by atoms with Gasteiger partial charge in [-0.2, -0.15) is 0 Å². The molecule has 2 aliphatic rings. The molecule has 146 valence electrons. The molecule has 1 heterocycles. The second kappa shape index (κ2) is 8.08. The number of hydrogen-bond acceptors (Lipinski definition) is 4. The summed E-state index contributed by atoms with van der Waals surface area (Å²) in [7, 11) is 0. The van der Waals surface area contributed by atoms with Gasteiger partial charge in [0.15, 0.2) is 0 Å². The van der Waals surface area contributed by atoms with Crippen molar-refractivity contribution in [3.05, 3.63) is 23.8 Å². The van der Waals surface area contributed by atoms with Crippen molar-refractivity contribution < 1.29 is 19.5 Å². The lowest BCUT2D eigenvalue weighted by Crippen LogP contribution is -2.48. The average Bonchev–Trinajstić information content (AvgIpc) is 2.57. The minimum Gasteiger partial charge on any atom is -0.480 e. The number of carbonyl (C=O) groups is 3. The lowest BCUT2D eigenvalue weighted by atomic mass is 9.68. The van der Waals surface area contributed by atoms with Gasteiger partial charge >= 0.3 is 5.97 Å². The van der Waals surface area contributed by atoms with Gasteiger partial charge < -0.3 is 15.7 Å². The molecule has 1 aliphatic heterocycles. The number of carboxylic acids is 1. The molecule has 1 aromatic carbocycles. The van der Waals surface area contributed by atoms with E-state index in [0.29, 0.717) is 30.8 Å². The second-order valence-corrected chi connectivity index (χ2v) is 7.61. The number of nitrogens with zero attached hydrogens (tertiary/aromatic N) is 1. The minimum atomic E-state index is -1.32. The van der Waals surface area contributed by atoms with Gasteiger partial charge in [0.2, 0.25) is 11.8 Å². The number of nitrogens with one attached hydrogen (secondary N) is 2. The molecule has 1 aromatic rings. The van der Waals surface area contributed by atoms with E-state index in [1.165, 1.54) is 6.42 Å². The number of aliphatic carboxylic acids is 1. The van der Waals surface area contributed by atoms with Crippen LogP contribution in [0.5, 0.6) is 0 Å². The van der Waals surface area contributed by atoms with Gasteiger partial charge in [-0.15, -0.1) is 0 Å². The molecule has 1 saturated heterocycles. The normalized spacial score (nSPS) is 19.0. The van der Waals surface area contributed by atoms with Crippen LogP contribution in [0.1, 0.15) is 44.1 Å². The molecule has 1 saturated carbocycles. The first-order valence-electron chi connectivity index (χ1n) is 9.58. The molecule has 7 nitrogen and oxygen atoms in total. The number of anilines is 2. The van der Waals surface area contributed by atoms with Crippen molar-refractivity contribution in [2.24, 2.45) is 5.41 Å². The molecular formula is C20H27N3O4. The predicted molar refractivity (Wildman–Crippen MR) is 103 cm³/mol. The Hall–Kier alpha value is -2.41. The van der Waals surface area contributed by atoms with Gasteiger partial charge in [-0.1, -0.05) is 18.9 Å². The minimum absolute atomic E-state index is 0.0792. The summed E-state index contributed by atoms with van der Waals surface area (Å²) in [6.07, 6.45) is 4.93. The van der Waals surface area contributed by atoms with E-state index in [4.69, 9.17) is 0 Å². The highest BCUT2D eigenvalue weighted by atomic mass is 16.4. The van der Waals surface area contributed by atoms with E-state index in [9.17, 15) is 19.5 Å². The van der Waals surface area contributed by atoms with E-state index < -0.39 is 17.3 Å². The molecule has 0 bridgehead atoms. The van der Waals surface area contributed by atoms with Crippen LogP contribution in [-0.4, -0.2) is 47.4 Å². The van der Waals surface area contributed by atoms with Crippen LogP contribution in [0.3, 0.4) is 0 Å². The number of carbonyl (C=O) groups excluding carboxylic acids is 2. The third kappa shape index (κ3) is 4.30. The molecule has 1 aliphatic carbocycles. The Kier molecular flexibility index (Phi) is 5.79. The molecule has 0 atom stereocenters. The van der Waals surface area contributed by atoms with E-state index in [0.717, 1.165) is 37.9 Å². The first kappa shape index (κ1) is 19.4. The summed E-state index contributed by atoms with van der Waals surface area (Å²) in [6, 6.07) is 5.22. The maximum Gasteiger partial charge on any atom is 0.319 e. The van der Waals surface area contributed by atoms with Crippen LogP contribution in [0, 0.1) is 12.3 Å². The van der Waals surface area contributed by atoms with Crippen molar-refractivity contribution >= 4 is 29.2 Å². The maximum absolute atomic E-state index is 12.5. The van der Waals surface area contributed by atoms with Crippen molar-refractivity contribution in [3.63, 3.8) is 0 Å². The van der Waals surface area contributed by atoms with Crippen molar-refractivity contribution in [2.75, 3.05) is 30.3 Å². The van der Waals surface area contributed by atoms with Crippen LogP contribution in [0.15, 0.2) is 18.2 Å². The fourth-order valence-corrected chi connectivity index (χ4v) is 3.66. The zero-order valence-electron chi connectivity index (χ0n) is 15.7. The van der Waals surface area contributed by atoms with Crippen molar-refractivity contribution in [3.8, 4) is 0 Å². The fraction of sp³-hybridized carbons (Fsp3) is 0.550. The Morgan fingerprint density at radius 1 is 1.07 bits per heavy atom. The van der Waals surface area contributed by atoms with Gasteiger partial charge in [0.05, 0.1) is 6.54 Å². The van der Waals surface area contributed by atoms with Crippen molar-refractivity contribution in [1.29, 1.82) is 0 Å². The van der Waals surface area contributed by atoms with Crippen LogP contribution >= 0.6 is 0 Å². The van der Waals surface area contributed by atoms with E-state index >= 15 is 0 Å². The second-order valence-electron chi connectivity index (χ2n) is 7.61. The molecule has 3 rings (SSSR count). The SMILES string of the molecule is Cc1ccc(NC(=O)C2(C(=O)O)CCC2)cc1NC(=O)CN1CCCCC1. The number of hydrogen-bond donors (Lipinski definition) is 3. The first-order valence-corrected chi connectivity index (χ1v) is 9.58. The lowest BCUT2D eigenvalue weighted by Gasteiger charge is -2.35. The van der Waals surface area contributed by atoms with Crippen LogP contribution in [-0.2, 0) is 14.4 Å². The highest BCUT2D eigenvalue weighted by Gasteiger charge is 2.51. The molecule has 2 amide bonds. The summed E-state index contributed by atoms with van der Waals surface area (Å²) >= 11 is 0. The Morgan fingerprint density at radius 2 is 1.78 bits per heavy atom. The molecule has 0 unspecified atom stereocenters. The molecule has 3 N–H and O–H groups in total. The summed E-state index contributed by atoms with van der Waals surface area (Å²) in [5.74, 6) is -1.64. The smallest absolute Gasteiger partial charge is 0.319 e. The van der Waals surface area contributed by atoms with Gasteiger partial charge in [-0.3, -0.25) is 19.3 Å². The third-order valence-corrected chi connectivity index (χ3v) is 5.64. The van der Waals surface area contributed by atoms with Gasteiger partial charge in [0, 0.05) is 11.4 Å². The number of carboxylic acid groups (broad SMARTS) is 1. The number of aryl methyl sites for hydroxylation is 1. The van der Waals surface area contributed by atoms with Gasteiger partial charge in [0.25, 0.3) is 0 Å². The van der Waals surface area contributed by atoms with E-state index in [2.05, 4.69) is 15.5 Å². The van der Waals surface area contributed by atoms with Gasteiger partial charge in [0.1, 0.15) is 5.41 Å². The molecule has 0 spiro atoms. The monoisotopic (exact) mass is 373 g/mol. The first-order chi connectivity index (χ1) is 12.9. The summed E-state index contributed by atoms with van der Waals surface area (Å²) in [6.45, 7) is 4.13. The van der Waals surface area contributed by atoms with E-state index in [-0.39, 0.29) is 5.91 Å². The highest BCUT2D eigenvalue weighted by molar-refractivity contribution is 6.09. The highest BCUT2D eigenvalue weighted by Crippen LogP contribution is 2.42. The van der Waals surface area contributed by atoms with Crippen LogP contribution in [0.4, 0.5) is 11.4 Å². The van der Waals surface area contributed by atoms with Gasteiger partial charge in [-0.25, -0.2) is 0 Å². The zero-order chi connectivity index (χ0) is 19.4. The quantitative estimate of drug-likeness (QED) is 0.666. The third-order valence-electron chi connectivity index (χ3n) is 5.64. The molecule has 2 fully saturated rings. The molecule has 0 aromatic heterocycles. The molecule has 0 radical (unpaired) electrons. The molecule has 7 heteroatoms. The Balaban J connectivity index is 1.64. The standard InChI is InChI=1S/C20H27N3O4/c1-14-6-7-15(21-18(25)20(19(26)27)8-5-9-20)12-16(14)22-17(24)13-23-10-3-2-4-11-23/h6-7,12H,2-5,8-11,13H2,1H3,(H,21,25)(H,22,24)(H,26,27).